The fourth-order valence-corrected chi connectivity index (χ4v) is 8.50. The number of carbonyl (C=O) groups excluding carboxylic acids is 2. The topological polar surface area (TPSA) is 58.2 Å². The van der Waals surface area contributed by atoms with E-state index in [1.54, 1.807) is 12.1 Å². The van der Waals surface area contributed by atoms with E-state index in [4.69, 9.17) is 0 Å². The molecule has 0 radical (unpaired) electrons. The first kappa shape index (κ1) is 26.8. The lowest BCUT2D eigenvalue weighted by molar-refractivity contribution is -0.117. The Bertz CT molecular complexity index is 1480. The van der Waals surface area contributed by atoms with Gasteiger partial charge in [0.2, 0.25) is 0 Å². The average molecular weight is 542 g/mol. The van der Waals surface area contributed by atoms with Crippen molar-refractivity contribution in [3.8, 4) is 0 Å². The molecule has 0 saturated heterocycles. The molecule has 196 valence electrons. The summed E-state index contributed by atoms with van der Waals surface area (Å²) < 4.78 is 0. The highest BCUT2D eigenvalue weighted by atomic mass is 31.2. The predicted molar refractivity (Wildman–Crippen MR) is 165 cm³/mol. The smallest absolute Gasteiger partial charge is 0.271 e. The molecule has 5 rings (SSSR count). The van der Waals surface area contributed by atoms with Crippen LogP contribution in [0.15, 0.2) is 163 Å². The summed E-state index contributed by atoms with van der Waals surface area (Å²) in [4.78, 5) is 27.3. The molecule has 0 aromatic heterocycles. The van der Waals surface area contributed by atoms with Crippen molar-refractivity contribution < 1.29 is 9.59 Å². The highest BCUT2D eigenvalue weighted by molar-refractivity contribution is 7.98. The molecule has 0 aliphatic heterocycles. The molecule has 0 saturated carbocycles. The second kappa shape index (κ2) is 12.8. The third-order valence-electron chi connectivity index (χ3n) is 6.64. The number of hydrogen-bond acceptors (Lipinski definition) is 2. The third-order valence-corrected chi connectivity index (χ3v) is 10.6. The fourth-order valence-electron chi connectivity index (χ4n) is 4.66. The molecular formula is C35H30N2O2P+. The summed E-state index contributed by atoms with van der Waals surface area (Å²) in [5, 5.41) is 9.24. The molecule has 2 amide bonds. The fraction of sp³-hybridized carbons (Fsp3) is 0.0286. The van der Waals surface area contributed by atoms with Gasteiger partial charge in [0.1, 0.15) is 34.7 Å². The van der Waals surface area contributed by atoms with Gasteiger partial charge in [-0.3, -0.25) is 9.59 Å². The zero-order valence-electron chi connectivity index (χ0n) is 22.0. The molecule has 5 aromatic rings. The van der Waals surface area contributed by atoms with E-state index in [-0.39, 0.29) is 17.5 Å². The quantitative estimate of drug-likeness (QED) is 0.189. The van der Waals surface area contributed by atoms with Crippen LogP contribution in [0.3, 0.4) is 0 Å². The molecule has 0 aliphatic rings. The van der Waals surface area contributed by atoms with Crippen molar-refractivity contribution in [2.24, 2.45) is 0 Å². The van der Waals surface area contributed by atoms with Crippen molar-refractivity contribution in [2.45, 2.75) is 6.54 Å². The van der Waals surface area contributed by atoms with E-state index in [0.29, 0.717) is 12.1 Å². The minimum atomic E-state index is -2.54. The highest BCUT2D eigenvalue weighted by Gasteiger charge is 2.45. The van der Waals surface area contributed by atoms with Gasteiger partial charge in [-0.05, 0) is 54.1 Å². The van der Waals surface area contributed by atoms with Crippen LogP contribution in [0, 0.1) is 0 Å². The summed E-state index contributed by atoms with van der Waals surface area (Å²) in [5.41, 5.74) is 1.67. The molecule has 0 aliphatic carbocycles. The second-order valence-corrected chi connectivity index (χ2v) is 12.5. The first-order chi connectivity index (χ1) is 19.7. The third kappa shape index (κ3) is 6.09. The molecule has 2 N–H and O–H groups in total. The lowest BCUT2D eigenvalue weighted by Gasteiger charge is -2.25. The maximum Gasteiger partial charge on any atom is 0.271 e. The van der Waals surface area contributed by atoms with Gasteiger partial charge in [-0.2, -0.15) is 0 Å². The summed E-state index contributed by atoms with van der Waals surface area (Å²) in [7, 11) is -2.54. The Kier molecular flexibility index (Phi) is 8.60. The average Bonchev–Trinajstić information content (AvgIpc) is 3.04. The van der Waals surface area contributed by atoms with E-state index in [1.165, 1.54) is 0 Å². The van der Waals surface area contributed by atoms with E-state index in [0.717, 1.165) is 21.5 Å². The van der Waals surface area contributed by atoms with Crippen molar-refractivity contribution >= 4 is 35.0 Å². The number of amides is 2. The van der Waals surface area contributed by atoms with Gasteiger partial charge in [0, 0.05) is 12.1 Å². The number of benzene rings is 5. The Hall–Kier alpha value is -4.79. The first-order valence-electron chi connectivity index (χ1n) is 13.1. The van der Waals surface area contributed by atoms with Gasteiger partial charge in [-0.25, -0.2) is 0 Å². The molecule has 0 bridgehead atoms. The van der Waals surface area contributed by atoms with Crippen LogP contribution in [-0.4, -0.2) is 11.8 Å². The van der Waals surface area contributed by atoms with Crippen molar-refractivity contribution in [2.75, 3.05) is 0 Å². The Morgan fingerprint density at radius 2 is 0.950 bits per heavy atom. The minimum absolute atomic E-state index is 0.217. The van der Waals surface area contributed by atoms with Crippen LogP contribution in [-0.2, 0) is 11.3 Å². The van der Waals surface area contributed by atoms with Gasteiger partial charge in [0.25, 0.3) is 11.8 Å². The van der Waals surface area contributed by atoms with E-state index >= 15 is 0 Å². The van der Waals surface area contributed by atoms with Crippen LogP contribution in [0.2, 0.25) is 0 Å². The molecule has 5 heteroatoms. The van der Waals surface area contributed by atoms with Crippen LogP contribution < -0.4 is 26.5 Å². The van der Waals surface area contributed by atoms with Crippen molar-refractivity contribution in [3.63, 3.8) is 0 Å². The molecule has 5 aromatic carbocycles. The van der Waals surface area contributed by atoms with E-state index in [9.17, 15) is 9.59 Å². The van der Waals surface area contributed by atoms with Crippen LogP contribution in [0.1, 0.15) is 15.9 Å². The standard InChI is InChI=1S/C35H29N2O2P/c38-34(29-18-8-2-9-19-29)37-33(35(39)36-26-28-16-6-1-7-17-28)27-40(30-20-10-3-11-21-30,31-22-12-4-13-23-31)32-24-14-5-15-25-32/h1-25,27H,26H2,(H-,36,37,38,39)/p+1/b33-27+. The molecule has 0 unspecified atom stereocenters. The van der Waals surface area contributed by atoms with Gasteiger partial charge in [-0.15, -0.1) is 0 Å². The number of hydrogen-bond donors (Lipinski definition) is 2. The Morgan fingerprint density at radius 3 is 1.40 bits per heavy atom. The summed E-state index contributed by atoms with van der Waals surface area (Å²) in [5.74, 6) is 1.31. The van der Waals surface area contributed by atoms with E-state index in [2.05, 4.69) is 47.0 Å². The van der Waals surface area contributed by atoms with Gasteiger partial charge in [0.15, 0.2) is 0 Å². The lowest BCUT2D eigenvalue weighted by Crippen LogP contribution is -2.37. The van der Waals surface area contributed by atoms with Gasteiger partial charge in [-0.1, -0.05) is 103 Å². The SMILES string of the molecule is O=C(NCc1ccccc1)/C(=C\[P+](c1ccccc1)(c1ccccc1)c1ccccc1)NC(=O)c1ccccc1. The largest absolute Gasteiger partial charge is 0.347 e. The Labute approximate surface area is 235 Å². The highest BCUT2D eigenvalue weighted by Crippen LogP contribution is 2.57. The monoisotopic (exact) mass is 541 g/mol. The summed E-state index contributed by atoms with van der Waals surface area (Å²) in [6.45, 7) is 0.339. The normalized spacial score (nSPS) is 11.4. The maximum absolute atomic E-state index is 13.9. The molecule has 0 spiro atoms. The second-order valence-electron chi connectivity index (χ2n) is 9.26. The van der Waals surface area contributed by atoms with Crippen LogP contribution in [0.5, 0.6) is 0 Å². The Morgan fingerprint density at radius 1 is 0.550 bits per heavy atom. The van der Waals surface area contributed by atoms with Crippen LogP contribution >= 0.6 is 7.26 Å². The molecule has 0 atom stereocenters. The van der Waals surface area contributed by atoms with Gasteiger partial charge < -0.3 is 10.6 Å². The maximum atomic E-state index is 13.9. The zero-order valence-corrected chi connectivity index (χ0v) is 22.9. The lowest BCUT2D eigenvalue weighted by atomic mass is 10.2. The van der Waals surface area contributed by atoms with Gasteiger partial charge in [0.05, 0.1) is 0 Å². The number of carbonyl (C=O) groups is 2. The van der Waals surface area contributed by atoms with Gasteiger partial charge >= 0.3 is 0 Å². The number of nitrogens with one attached hydrogen (secondary N) is 2. The molecule has 0 heterocycles. The van der Waals surface area contributed by atoms with Crippen molar-refractivity contribution in [1.29, 1.82) is 0 Å². The summed E-state index contributed by atoms with van der Waals surface area (Å²) >= 11 is 0. The predicted octanol–water partition coefficient (Wildman–Crippen LogP) is 5.57. The van der Waals surface area contributed by atoms with E-state index < -0.39 is 7.26 Å². The molecule has 40 heavy (non-hydrogen) atoms. The Balaban J connectivity index is 1.68. The van der Waals surface area contributed by atoms with E-state index in [1.807, 2.05) is 109 Å². The van der Waals surface area contributed by atoms with Crippen LogP contribution in [0.25, 0.3) is 0 Å². The number of rotatable bonds is 9. The summed E-state index contributed by atoms with van der Waals surface area (Å²) in [6.07, 6.45) is 0. The molecule has 0 fully saturated rings. The summed E-state index contributed by atoms with van der Waals surface area (Å²) in [6, 6.07) is 49.3. The van der Waals surface area contributed by atoms with Crippen molar-refractivity contribution in [3.05, 3.63) is 174 Å². The molecule has 4 nitrogen and oxygen atoms in total. The minimum Gasteiger partial charge on any atom is -0.347 e. The van der Waals surface area contributed by atoms with Crippen molar-refractivity contribution in [1.82, 2.24) is 10.6 Å². The van der Waals surface area contributed by atoms with Crippen LogP contribution in [0.4, 0.5) is 0 Å². The molecular weight excluding hydrogens is 511 g/mol. The first-order valence-corrected chi connectivity index (χ1v) is 15.0. The zero-order chi connectivity index (χ0) is 27.6.